The fourth-order valence-corrected chi connectivity index (χ4v) is 3.66. The van der Waals surface area contributed by atoms with Crippen LogP contribution in [-0.4, -0.2) is 38.3 Å². The first-order chi connectivity index (χ1) is 8.33. The molecular weight excluding hydrogens is 216 g/mol. The average molecular weight is 238 g/mol. The molecule has 3 aliphatic rings. The molecule has 0 aromatic rings. The molecule has 3 rings (SSSR count). The summed E-state index contributed by atoms with van der Waals surface area (Å²) in [5.74, 6) is 2.07. The molecule has 1 saturated heterocycles. The van der Waals surface area contributed by atoms with Gasteiger partial charge in [-0.15, -0.1) is 0 Å². The van der Waals surface area contributed by atoms with E-state index >= 15 is 0 Å². The third-order valence-corrected chi connectivity index (χ3v) is 4.58. The minimum absolute atomic E-state index is 0.159. The van der Waals surface area contributed by atoms with Gasteiger partial charge in [0.1, 0.15) is 0 Å². The van der Waals surface area contributed by atoms with Crippen LogP contribution in [-0.2, 0) is 9.53 Å². The molecule has 0 spiro atoms. The highest BCUT2D eigenvalue weighted by Gasteiger charge is 2.42. The van der Waals surface area contributed by atoms with E-state index in [1.165, 1.54) is 19.3 Å². The van der Waals surface area contributed by atoms with Gasteiger partial charge >= 0.3 is 0 Å². The van der Waals surface area contributed by atoms with Crippen molar-refractivity contribution in [3.05, 3.63) is 0 Å². The second-order valence-corrected chi connectivity index (χ2v) is 5.72. The minimum Gasteiger partial charge on any atom is -0.374 e. The molecule has 0 aromatic carbocycles. The Balaban J connectivity index is 1.44. The van der Waals surface area contributed by atoms with Crippen LogP contribution < -0.4 is 10.6 Å². The zero-order valence-corrected chi connectivity index (χ0v) is 10.3. The van der Waals surface area contributed by atoms with Crippen LogP contribution in [0, 0.1) is 17.8 Å². The number of amides is 1. The van der Waals surface area contributed by atoms with Crippen LogP contribution in [0.15, 0.2) is 0 Å². The summed E-state index contributed by atoms with van der Waals surface area (Å²) in [6.07, 6.45) is 5.19. The molecule has 2 N–H and O–H groups in total. The van der Waals surface area contributed by atoms with E-state index in [4.69, 9.17) is 4.74 Å². The SMILES string of the molecule is O=C(NCC1CNCCO1)C1CC2CCC1C2. The van der Waals surface area contributed by atoms with Crippen LogP contribution in [0.3, 0.4) is 0 Å². The third-order valence-electron chi connectivity index (χ3n) is 4.58. The molecule has 1 amide bonds. The molecule has 2 saturated carbocycles. The zero-order valence-electron chi connectivity index (χ0n) is 10.3. The fraction of sp³-hybridized carbons (Fsp3) is 0.923. The number of carbonyl (C=O) groups excluding carboxylic acids is 1. The first kappa shape index (κ1) is 11.5. The monoisotopic (exact) mass is 238 g/mol. The lowest BCUT2D eigenvalue weighted by Gasteiger charge is -2.26. The van der Waals surface area contributed by atoms with Gasteiger partial charge in [-0.3, -0.25) is 4.79 Å². The Morgan fingerprint density at radius 1 is 1.35 bits per heavy atom. The van der Waals surface area contributed by atoms with E-state index in [2.05, 4.69) is 10.6 Å². The zero-order chi connectivity index (χ0) is 11.7. The molecule has 2 bridgehead atoms. The van der Waals surface area contributed by atoms with Crippen LogP contribution in [0.4, 0.5) is 0 Å². The average Bonchev–Trinajstić information content (AvgIpc) is 2.99. The van der Waals surface area contributed by atoms with Crippen molar-refractivity contribution in [3.63, 3.8) is 0 Å². The van der Waals surface area contributed by atoms with E-state index in [0.717, 1.165) is 32.0 Å². The summed E-state index contributed by atoms with van der Waals surface area (Å²) >= 11 is 0. The van der Waals surface area contributed by atoms with Gasteiger partial charge in [0.05, 0.1) is 12.7 Å². The number of hydrogen-bond donors (Lipinski definition) is 2. The van der Waals surface area contributed by atoms with Crippen molar-refractivity contribution in [2.75, 3.05) is 26.2 Å². The van der Waals surface area contributed by atoms with Gasteiger partial charge in [0.2, 0.25) is 5.91 Å². The Morgan fingerprint density at radius 3 is 2.94 bits per heavy atom. The van der Waals surface area contributed by atoms with Crippen molar-refractivity contribution < 1.29 is 9.53 Å². The molecule has 4 atom stereocenters. The van der Waals surface area contributed by atoms with Crippen LogP contribution in [0.25, 0.3) is 0 Å². The van der Waals surface area contributed by atoms with Gasteiger partial charge in [-0.2, -0.15) is 0 Å². The normalized spacial score (nSPS) is 40.5. The number of fused-ring (bicyclic) bond motifs is 2. The summed E-state index contributed by atoms with van der Waals surface area (Å²) in [5, 5.41) is 6.35. The lowest BCUT2D eigenvalue weighted by atomic mass is 9.88. The predicted molar refractivity (Wildman–Crippen MR) is 64.6 cm³/mol. The lowest BCUT2D eigenvalue weighted by molar-refractivity contribution is -0.127. The molecule has 96 valence electrons. The van der Waals surface area contributed by atoms with E-state index in [9.17, 15) is 4.79 Å². The Hall–Kier alpha value is -0.610. The standard InChI is InChI=1S/C13H22N2O2/c16-13(12-6-9-1-2-10(12)5-9)15-8-11-7-14-3-4-17-11/h9-12,14H,1-8H2,(H,15,16). The highest BCUT2D eigenvalue weighted by Crippen LogP contribution is 2.48. The summed E-state index contributed by atoms with van der Waals surface area (Å²) in [5.41, 5.74) is 0. The van der Waals surface area contributed by atoms with Crippen molar-refractivity contribution in [3.8, 4) is 0 Å². The van der Waals surface area contributed by atoms with Crippen molar-refractivity contribution in [2.45, 2.75) is 31.8 Å². The quantitative estimate of drug-likeness (QED) is 0.754. The number of rotatable bonds is 3. The van der Waals surface area contributed by atoms with Gasteiger partial charge in [-0.1, -0.05) is 6.42 Å². The fourth-order valence-electron chi connectivity index (χ4n) is 3.66. The van der Waals surface area contributed by atoms with E-state index in [-0.39, 0.29) is 12.0 Å². The number of nitrogens with one attached hydrogen (secondary N) is 2. The Bertz CT molecular complexity index is 289. The maximum atomic E-state index is 12.1. The number of carbonyl (C=O) groups is 1. The lowest BCUT2D eigenvalue weighted by Crippen LogP contribution is -2.46. The predicted octanol–water partition coefficient (Wildman–Crippen LogP) is 0.527. The first-order valence-electron chi connectivity index (χ1n) is 6.93. The molecule has 1 heterocycles. The largest absolute Gasteiger partial charge is 0.374 e. The van der Waals surface area contributed by atoms with Gasteiger partial charge in [0.25, 0.3) is 0 Å². The van der Waals surface area contributed by atoms with E-state index in [1.54, 1.807) is 0 Å². The van der Waals surface area contributed by atoms with Crippen molar-refractivity contribution in [1.82, 2.24) is 10.6 Å². The highest BCUT2D eigenvalue weighted by molar-refractivity contribution is 5.79. The van der Waals surface area contributed by atoms with Crippen molar-refractivity contribution in [1.29, 1.82) is 0 Å². The Morgan fingerprint density at radius 2 is 2.29 bits per heavy atom. The number of morpholine rings is 1. The summed E-state index contributed by atoms with van der Waals surface area (Å²) in [6, 6.07) is 0. The Labute approximate surface area is 102 Å². The van der Waals surface area contributed by atoms with Gasteiger partial charge in [0, 0.05) is 25.6 Å². The summed E-state index contributed by atoms with van der Waals surface area (Å²) < 4.78 is 5.58. The number of hydrogen-bond acceptors (Lipinski definition) is 3. The molecule has 3 fully saturated rings. The van der Waals surface area contributed by atoms with Crippen LogP contribution in [0.2, 0.25) is 0 Å². The summed E-state index contributed by atoms with van der Waals surface area (Å²) in [4.78, 5) is 12.1. The maximum absolute atomic E-state index is 12.1. The molecule has 0 radical (unpaired) electrons. The minimum atomic E-state index is 0.159. The highest BCUT2D eigenvalue weighted by atomic mass is 16.5. The molecule has 17 heavy (non-hydrogen) atoms. The van der Waals surface area contributed by atoms with Crippen molar-refractivity contribution in [2.24, 2.45) is 17.8 Å². The van der Waals surface area contributed by atoms with Gasteiger partial charge in [0.15, 0.2) is 0 Å². The molecule has 0 aromatic heterocycles. The van der Waals surface area contributed by atoms with Gasteiger partial charge < -0.3 is 15.4 Å². The summed E-state index contributed by atoms with van der Waals surface area (Å²) in [6.45, 7) is 3.21. The van der Waals surface area contributed by atoms with E-state index < -0.39 is 0 Å². The molecular formula is C13H22N2O2. The van der Waals surface area contributed by atoms with E-state index in [0.29, 0.717) is 18.4 Å². The second kappa shape index (κ2) is 4.94. The molecule has 4 unspecified atom stereocenters. The van der Waals surface area contributed by atoms with Crippen molar-refractivity contribution >= 4 is 5.91 Å². The van der Waals surface area contributed by atoms with Crippen LogP contribution >= 0.6 is 0 Å². The molecule has 4 nitrogen and oxygen atoms in total. The van der Waals surface area contributed by atoms with Gasteiger partial charge in [-0.05, 0) is 31.1 Å². The summed E-state index contributed by atoms with van der Waals surface area (Å²) in [7, 11) is 0. The Kier molecular flexibility index (Phi) is 3.34. The van der Waals surface area contributed by atoms with Crippen LogP contribution in [0.5, 0.6) is 0 Å². The topological polar surface area (TPSA) is 50.4 Å². The van der Waals surface area contributed by atoms with E-state index in [1.807, 2.05) is 0 Å². The van der Waals surface area contributed by atoms with Gasteiger partial charge in [-0.25, -0.2) is 0 Å². The third kappa shape index (κ3) is 2.47. The maximum Gasteiger partial charge on any atom is 0.223 e. The molecule has 4 heteroatoms. The second-order valence-electron chi connectivity index (χ2n) is 5.72. The molecule has 1 aliphatic heterocycles. The molecule has 2 aliphatic carbocycles. The van der Waals surface area contributed by atoms with Crippen LogP contribution in [0.1, 0.15) is 25.7 Å². The smallest absolute Gasteiger partial charge is 0.223 e. The number of ether oxygens (including phenoxy) is 1. The first-order valence-corrected chi connectivity index (χ1v) is 6.93.